The van der Waals surface area contributed by atoms with Gasteiger partial charge in [0.15, 0.2) is 11.6 Å². The quantitative estimate of drug-likeness (QED) is 0.105. The maximum absolute atomic E-state index is 13.0. The van der Waals surface area contributed by atoms with Gasteiger partial charge in [0, 0.05) is 71.6 Å². The minimum Gasteiger partial charge on any atom is -0.489 e. The first-order valence-corrected chi connectivity index (χ1v) is 26.9. The fourth-order valence-corrected chi connectivity index (χ4v) is 11.7. The van der Waals surface area contributed by atoms with Crippen molar-refractivity contribution in [2.24, 2.45) is 0 Å². The number of ether oxygens (including phenoxy) is 2. The zero-order chi connectivity index (χ0) is 46.7. The Balaban J connectivity index is 0.000000163. The lowest BCUT2D eigenvalue weighted by Crippen LogP contribution is -2.44. The maximum Gasteiger partial charge on any atom is 0.255 e. The monoisotopic (exact) mass is 1010 g/mol. The summed E-state index contributed by atoms with van der Waals surface area (Å²) < 4.78 is 12.1. The summed E-state index contributed by atoms with van der Waals surface area (Å²) in [6, 6.07) is 26.6. The van der Waals surface area contributed by atoms with Crippen LogP contribution in [0.4, 0.5) is 0 Å². The second-order valence-electron chi connectivity index (χ2n) is 17.8. The minimum atomic E-state index is -0.513. The highest BCUT2D eigenvalue weighted by Gasteiger charge is 2.41. The molecule has 67 heavy (non-hydrogen) atoms. The molecule has 2 saturated heterocycles. The zero-order valence-corrected chi connectivity index (χ0v) is 41.1. The average molecular weight is 1010 g/mol. The van der Waals surface area contributed by atoms with Crippen molar-refractivity contribution in [3.63, 3.8) is 0 Å². The van der Waals surface area contributed by atoms with Gasteiger partial charge in [-0.25, -0.2) is 0 Å². The highest BCUT2D eigenvalue weighted by molar-refractivity contribution is 9.08. The zero-order valence-electron chi connectivity index (χ0n) is 37.9. The number of hydrogen-bond donors (Lipinski definition) is 0. The molecule has 10 rings (SSSR count). The molecule has 14 heteroatoms. The van der Waals surface area contributed by atoms with Crippen LogP contribution in [0.15, 0.2) is 84.9 Å². The lowest BCUT2D eigenvalue weighted by atomic mass is 9.92. The molecular weight excluding hydrogens is 951 g/mol. The van der Waals surface area contributed by atoms with E-state index in [1.807, 2.05) is 54.2 Å². The van der Waals surface area contributed by atoms with Gasteiger partial charge in [-0.1, -0.05) is 83.0 Å². The van der Waals surface area contributed by atoms with Crippen LogP contribution in [0.5, 0.6) is 11.5 Å². The minimum absolute atomic E-state index is 0.0367. The van der Waals surface area contributed by atoms with Crippen molar-refractivity contribution in [1.82, 2.24) is 14.7 Å². The Morgan fingerprint density at radius 1 is 0.537 bits per heavy atom. The number of fused-ring (bicyclic) bond motifs is 2. The van der Waals surface area contributed by atoms with Crippen LogP contribution in [0, 0.1) is 0 Å². The normalized spacial score (nSPS) is 20.7. The van der Waals surface area contributed by atoms with Crippen molar-refractivity contribution >= 4 is 74.4 Å². The van der Waals surface area contributed by atoms with Gasteiger partial charge in [-0.2, -0.15) is 23.5 Å². The standard InChI is InChI=1S/C26H28N2O4S.C22H20BrNO4.C5H10S/c29-20-8-9-23(24(30)14-20)28-16-22-21(26(28)31)2-1-3-25(22)32-17-19-6-4-18(5-7-19)15-27-10-12-33-13-11-27;23-11-14-4-6-15(7-5-14)13-28-21-3-1-2-17-18(21)12-24(22(17)27)19-9-8-16(25)10-20(19)26;1-2-4-6-5-3-1/h1-7,23H,8-17H2;1-7,19H,8-13H2;1-5H2. The van der Waals surface area contributed by atoms with Crippen molar-refractivity contribution in [3.05, 3.63) is 129 Å². The van der Waals surface area contributed by atoms with E-state index in [2.05, 4.69) is 56.9 Å². The number of rotatable bonds is 11. The van der Waals surface area contributed by atoms with Crippen LogP contribution in [0.25, 0.3) is 0 Å². The third-order valence-corrected chi connectivity index (χ3v) is 15.9. The Hall–Kier alpha value is -4.76. The number of carbonyl (C=O) groups excluding carboxylic acids is 6. The molecule has 4 aliphatic heterocycles. The molecular formula is C53H58BrN3O8S2. The topological polar surface area (TPSA) is 131 Å². The fraction of sp³-hybridized carbons (Fsp3) is 0.434. The summed E-state index contributed by atoms with van der Waals surface area (Å²) in [4.78, 5) is 79.3. The van der Waals surface area contributed by atoms with Gasteiger partial charge in [0.2, 0.25) is 0 Å². The Morgan fingerprint density at radius 3 is 1.40 bits per heavy atom. The first-order chi connectivity index (χ1) is 32.6. The first-order valence-electron chi connectivity index (χ1n) is 23.4. The van der Waals surface area contributed by atoms with E-state index in [4.69, 9.17) is 9.47 Å². The van der Waals surface area contributed by atoms with E-state index in [0.29, 0.717) is 74.6 Å². The lowest BCUT2D eigenvalue weighted by Gasteiger charge is -2.29. The summed E-state index contributed by atoms with van der Waals surface area (Å²) in [7, 11) is 0. The molecule has 2 atom stereocenters. The van der Waals surface area contributed by atoms with Crippen LogP contribution < -0.4 is 9.47 Å². The molecule has 2 amide bonds. The molecule has 4 fully saturated rings. The van der Waals surface area contributed by atoms with Crippen LogP contribution in [0.1, 0.15) is 112 Å². The van der Waals surface area contributed by atoms with Crippen LogP contribution >= 0.6 is 39.5 Å². The van der Waals surface area contributed by atoms with E-state index < -0.39 is 12.1 Å². The molecule has 0 N–H and O–H groups in total. The second kappa shape index (κ2) is 23.5. The number of halogens is 1. The van der Waals surface area contributed by atoms with E-state index in [1.54, 1.807) is 28.0 Å². The number of benzene rings is 4. The Labute approximate surface area is 410 Å². The molecule has 0 aromatic heterocycles. The van der Waals surface area contributed by atoms with Gasteiger partial charge in [0.1, 0.15) is 36.3 Å². The number of hydrogen-bond acceptors (Lipinski definition) is 11. The van der Waals surface area contributed by atoms with Gasteiger partial charge in [-0.15, -0.1) is 0 Å². The summed E-state index contributed by atoms with van der Waals surface area (Å²) in [5.41, 5.74) is 7.44. The van der Waals surface area contributed by atoms with Gasteiger partial charge in [-0.3, -0.25) is 33.7 Å². The van der Waals surface area contributed by atoms with Gasteiger partial charge in [0.05, 0.1) is 38.0 Å². The molecule has 4 aromatic rings. The van der Waals surface area contributed by atoms with E-state index in [0.717, 1.165) is 47.2 Å². The molecule has 2 saturated carbocycles. The van der Waals surface area contributed by atoms with Gasteiger partial charge < -0.3 is 19.3 Å². The molecule has 11 nitrogen and oxygen atoms in total. The average Bonchev–Trinajstić information content (AvgIpc) is 3.88. The Morgan fingerprint density at radius 2 is 0.985 bits per heavy atom. The molecule has 6 aliphatic rings. The van der Waals surface area contributed by atoms with Crippen LogP contribution in [-0.4, -0.2) is 97.8 Å². The number of ketones is 4. The van der Waals surface area contributed by atoms with Crippen molar-refractivity contribution in [2.45, 2.75) is 108 Å². The molecule has 0 radical (unpaired) electrons. The van der Waals surface area contributed by atoms with Crippen LogP contribution in [-0.2, 0) is 57.4 Å². The maximum atomic E-state index is 13.0. The number of Topliss-reactive ketones (excluding diaryl/α,β-unsaturated/α-hetero) is 4. The van der Waals surface area contributed by atoms with E-state index >= 15 is 0 Å². The third kappa shape index (κ3) is 12.5. The third-order valence-electron chi connectivity index (χ3n) is 13.1. The van der Waals surface area contributed by atoms with E-state index in [1.165, 1.54) is 53.4 Å². The van der Waals surface area contributed by atoms with E-state index in [9.17, 15) is 28.8 Å². The molecule has 0 bridgehead atoms. The molecule has 4 heterocycles. The molecule has 4 aromatic carbocycles. The largest absolute Gasteiger partial charge is 0.489 e. The highest BCUT2D eigenvalue weighted by Crippen LogP contribution is 2.36. The molecule has 2 aliphatic carbocycles. The molecule has 0 spiro atoms. The van der Waals surface area contributed by atoms with Crippen LogP contribution in [0.2, 0.25) is 0 Å². The van der Waals surface area contributed by atoms with E-state index in [-0.39, 0.29) is 47.8 Å². The van der Waals surface area contributed by atoms with Crippen molar-refractivity contribution in [1.29, 1.82) is 0 Å². The summed E-state index contributed by atoms with van der Waals surface area (Å²) in [6.07, 6.45) is 5.79. The van der Waals surface area contributed by atoms with Crippen molar-refractivity contribution in [2.75, 3.05) is 36.1 Å². The number of thioether (sulfide) groups is 2. The smallest absolute Gasteiger partial charge is 0.255 e. The number of carbonyl (C=O) groups is 6. The summed E-state index contributed by atoms with van der Waals surface area (Å²) in [5.74, 6) is 5.89. The van der Waals surface area contributed by atoms with Crippen molar-refractivity contribution < 1.29 is 38.2 Å². The number of nitrogens with zero attached hydrogens (tertiary/aromatic N) is 3. The van der Waals surface area contributed by atoms with Crippen LogP contribution in [0.3, 0.4) is 0 Å². The number of alkyl halides is 1. The highest BCUT2D eigenvalue weighted by atomic mass is 79.9. The van der Waals surface area contributed by atoms with Gasteiger partial charge in [-0.05, 0) is 83.7 Å². The predicted octanol–water partition coefficient (Wildman–Crippen LogP) is 9.17. The Kier molecular flexibility index (Phi) is 17.1. The summed E-state index contributed by atoms with van der Waals surface area (Å²) in [6.45, 7) is 4.79. The van der Waals surface area contributed by atoms with Gasteiger partial charge in [0.25, 0.3) is 11.8 Å². The summed E-state index contributed by atoms with van der Waals surface area (Å²) in [5, 5.41) is 0.809. The molecule has 352 valence electrons. The second-order valence-corrected chi connectivity index (χ2v) is 20.8. The first kappa shape index (κ1) is 48.7. The van der Waals surface area contributed by atoms with Gasteiger partial charge >= 0.3 is 0 Å². The number of amides is 2. The lowest BCUT2D eigenvalue weighted by molar-refractivity contribution is -0.134. The molecule has 2 unspecified atom stereocenters. The van der Waals surface area contributed by atoms with Crippen molar-refractivity contribution in [3.8, 4) is 11.5 Å². The predicted molar refractivity (Wildman–Crippen MR) is 266 cm³/mol. The SMILES string of the molecule is C1CCSCC1.O=C1CCC(N2Cc3c(OCc4ccc(CBr)cc4)cccc3C2=O)C(=O)C1.O=C1CCC(N2Cc3c(OCc4ccc(CN5CCSCC5)cc4)cccc3C2=O)C(=O)C1. The fourth-order valence-electron chi connectivity index (χ4n) is 9.30. The summed E-state index contributed by atoms with van der Waals surface area (Å²) >= 11 is 7.55. The Bertz CT molecular complexity index is 2430.